The average Bonchev–Trinajstić information content (AvgIpc) is 2.58. The fourth-order valence-electron chi connectivity index (χ4n) is 2.19. The number of hydrogen-bond donors (Lipinski definition) is 1. The molecule has 7 heteroatoms. The van der Waals surface area contributed by atoms with Crippen molar-refractivity contribution in [2.75, 3.05) is 16.8 Å². The first-order chi connectivity index (χ1) is 11.9. The van der Waals surface area contributed by atoms with Crippen molar-refractivity contribution in [3.8, 4) is 6.07 Å². The van der Waals surface area contributed by atoms with Crippen LogP contribution in [-0.4, -0.2) is 18.4 Å². The molecule has 1 N–H and O–H groups in total. The van der Waals surface area contributed by atoms with Crippen molar-refractivity contribution in [2.24, 2.45) is 0 Å². The molecule has 2 aromatic carbocycles. The fraction of sp³-hybridized carbons (Fsp3) is 0.167. The molecule has 0 aliphatic rings. The number of nitrogens with zero attached hydrogens (tertiary/aromatic N) is 2. The molecule has 0 unspecified atom stereocenters. The van der Waals surface area contributed by atoms with Gasteiger partial charge in [0.15, 0.2) is 0 Å². The van der Waals surface area contributed by atoms with Gasteiger partial charge in [0.05, 0.1) is 21.7 Å². The monoisotopic (exact) mass is 375 g/mol. The van der Waals surface area contributed by atoms with Gasteiger partial charge in [0.1, 0.15) is 0 Å². The maximum Gasteiger partial charge on any atom is 0.226 e. The van der Waals surface area contributed by atoms with Crippen molar-refractivity contribution in [3.05, 3.63) is 58.1 Å². The van der Waals surface area contributed by atoms with E-state index in [0.29, 0.717) is 27.0 Å². The number of nitrogens with one attached hydrogen (secondary N) is 1. The number of amides is 2. The van der Waals surface area contributed by atoms with Crippen molar-refractivity contribution in [1.82, 2.24) is 0 Å². The first-order valence-corrected chi connectivity index (χ1v) is 8.19. The highest BCUT2D eigenvalue weighted by atomic mass is 35.5. The summed E-state index contributed by atoms with van der Waals surface area (Å²) >= 11 is 11.9. The molecule has 0 heterocycles. The smallest absolute Gasteiger partial charge is 0.226 e. The van der Waals surface area contributed by atoms with Crippen LogP contribution in [0.15, 0.2) is 42.5 Å². The van der Waals surface area contributed by atoms with E-state index in [-0.39, 0.29) is 24.8 Å². The quantitative estimate of drug-likeness (QED) is 0.848. The summed E-state index contributed by atoms with van der Waals surface area (Å²) in [7, 11) is 0. The number of halogens is 2. The zero-order chi connectivity index (χ0) is 18.4. The van der Waals surface area contributed by atoms with Crippen molar-refractivity contribution >= 4 is 46.4 Å². The molecule has 0 aliphatic carbocycles. The Hall–Kier alpha value is -2.55. The lowest BCUT2D eigenvalue weighted by Crippen LogP contribution is -2.31. The van der Waals surface area contributed by atoms with Gasteiger partial charge in [-0.05, 0) is 42.5 Å². The molecule has 0 radical (unpaired) electrons. The Bertz CT molecular complexity index is 829. The second kappa shape index (κ2) is 8.52. The Balaban J connectivity index is 2.00. The minimum atomic E-state index is -0.240. The van der Waals surface area contributed by atoms with Crippen LogP contribution in [0.25, 0.3) is 0 Å². The van der Waals surface area contributed by atoms with Crippen LogP contribution in [0.1, 0.15) is 18.9 Å². The lowest BCUT2D eigenvalue weighted by atomic mass is 10.2. The Labute approximate surface area is 155 Å². The maximum atomic E-state index is 12.1. The SMILES string of the molecule is CC(=O)N(CCC(=O)Nc1ccc(C#N)cc1)c1ccc(Cl)c(Cl)c1. The molecule has 0 saturated heterocycles. The summed E-state index contributed by atoms with van der Waals surface area (Å²) < 4.78 is 0. The summed E-state index contributed by atoms with van der Waals surface area (Å²) in [5.41, 5.74) is 1.68. The van der Waals surface area contributed by atoms with Gasteiger partial charge < -0.3 is 10.2 Å². The maximum absolute atomic E-state index is 12.1. The van der Waals surface area contributed by atoms with Crippen LogP contribution in [0.5, 0.6) is 0 Å². The molecule has 2 aromatic rings. The third-order valence-electron chi connectivity index (χ3n) is 3.46. The summed E-state index contributed by atoms with van der Waals surface area (Å²) in [6, 6.07) is 13.4. The van der Waals surface area contributed by atoms with Gasteiger partial charge in [-0.25, -0.2) is 0 Å². The minimum absolute atomic E-state index is 0.111. The average molecular weight is 376 g/mol. The molecule has 0 saturated carbocycles. The van der Waals surface area contributed by atoms with Gasteiger partial charge in [-0.2, -0.15) is 5.26 Å². The zero-order valence-corrected chi connectivity index (χ0v) is 14.9. The molecule has 0 aromatic heterocycles. The number of carbonyl (C=O) groups excluding carboxylic acids is 2. The Morgan fingerprint density at radius 2 is 1.80 bits per heavy atom. The minimum Gasteiger partial charge on any atom is -0.326 e. The van der Waals surface area contributed by atoms with Crippen molar-refractivity contribution in [1.29, 1.82) is 5.26 Å². The topological polar surface area (TPSA) is 73.2 Å². The van der Waals surface area contributed by atoms with E-state index in [1.54, 1.807) is 42.5 Å². The molecule has 25 heavy (non-hydrogen) atoms. The first kappa shape index (κ1) is 18.8. The van der Waals surface area contributed by atoms with Gasteiger partial charge in [-0.15, -0.1) is 0 Å². The standard InChI is InChI=1S/C18H15Cl2N3O2/c1-12(24)23(15-6-7-16(19)17(20)10-15)9-8-18(25)22-14-4-2-13(11-21)3-5-14/h2-7,10H,8-9H2,1H3,(H,22,25). The van der Waals surface area contributed by atoms with Crippen LogP contribution in [0.3, 0.4) is 0 Å². The van der Waals surface area contributed by atoms with Crippen LogP contribution in [0.2, 0.25) is 10.0 Å². The number of nitriles is 1. The highest BCUT2D eigenvalue weighted by molar-refractivity contribution is 6.42. The van der Waals surface area contributed by atoms with Crippen molar-refractivity contribution < 1.29 is 9.59 Å². The van der Waals surface area contributed by atoms with Crippen LogP contribution in [-0.2, 0) is 9.59 Å². The van der Waals surface area contributed by atoms with Crippen LogP contribution >= 0.6 is 23.2 Å². The molecule has 2 rings (SSSR count). The van der Waals surface area contributed by atoms with E-state index >= 15 is 0 Å². The van der Waals surface area contributed by atoms with Gasteiger partial charge in [0.2, 0.25) is 11.8 Å². The van der Waals surface area contributed by atoms with E-state index in [4.69, 9.17) is 28.5 Å². The number of rotatable bonds is 5. The van der Waals surface area contributed by atoms with Crippen LogP contribution in [0, 0.1) is 11.3 Å². The van der Waals surface area contributed by atoms with E-state index < -0.39 is 0 Å². The van der Waals surface area contributed by atoms with E-state index in [0.717, 1.165) is 0 Å². The summed E-state index contributed by atoms with van der Waals surface area (Å²) in [6.07, 6.45) is 0.111. The van der Waals surface area contributed by atoms with Gasteiger partial charge >= 0.3 is 0 Å². The summed E-state index contributed by atoms with van der Waals surface area (Å²) in [4.78, 5) is 25.4. The summed E-state index contributed by atoms with van der Waals surface area (Å²) in [6.45, 7) is 1.62. The molecule has 5 nitrogen and oxygen atoms in total. The van der Waals surface area contributed by atoms with E-state index in [1.807, 2.05) is 6.07 Å². The molecule has 0 bridgehead atoms. The molecular formula is C18H15Cl2N3O2. The third-order valence-corrected chi connectivity index (χ3v) is 4.19. The first-order valence-electron chi connectivity index (χ1n) is 7.44. The highest BCUT2D eigenvalue weighted by Gasteiger charge is 2.15. The van der Waals surface area contributed by atoms with E-state index in [9.17, 15) is 9.59 Å². The summed E-state index contributed by atoms with van der Waals surface area (Å²) in [5, 5.41) is 12.2. The lowest BCUT2D eigenvalue weighted by molar-refractivity contribution is -0.117. The molecule has 0 atom stereocenters. The van der Waals surface area contributed by atoms with Crippen molar-refractivity contribution in [3.63, 3.8) is 0 Å². The normalized spacial score (nSPS) is 10.0. The predicted molar refractivity (Wildman–Crippen MR) is 98.9 cm³/mol. The molecule has 0 spiro atoms. The largest absolute Gasteiger partial charge is 0.326 e. The second-order valence-corrected chi connectivity index (χ2v) is 6.07. The van der Waals surface area contributed by atoms with Gasteiger partial charge in [-0.3, -0.25) is 9.59 Å². The Kier molecular flexibility index (Phi) is 6.40. The lowest BCUT2D eigenvalue weighted by Gasteiger charge is -2.21. The molecule has 0 aliphatic heterocycles. The van der Waals surface area contributed by atoms with E-state index in [1.165, 1.54) is 11.8 Å². The van der Waals surface area contributed by atoms with Crippen LogP contribution in [0.4, 0.5) is 11.4 Å². The Morgan fingerprint density at radius 1 is 1.12 bits per heavy atom. The second-order valence-electron chi connectivity index (χ2n) is 5.26. The third kappa shape index (κ3) is 5.21. The number of anilines is 2. The molecular weight excluding hydrogens is 361 g/mol. The zero-order valence-electron chi connectivity index (χ0n) is 13.4. The number of hydrogen-bond acceptors (Lipinski definition) is 3. The van der Waals surface area contributed by atoms with Gasteiger partial charge in [0.25, 0.3) is 0 Å². The van der Waals surface area contributed by atoms with Gasteiger partial charge in [-0.1, -0.05) is 23.2 Å². The molecule has 128 valence electrons. The van der Waals surface area contributed by atoms with Crippen LogP contribution < -0.4 is 10.2 Å². The van der Waals surface area contributed by atoms with Gasteiger partial charge in [0, 0.05) is 31.3 Å². The fourth-order valence-corrected chi connectivity index (χ4v) is 2.48. The Morgan fingerprint density at radius 3 is 2.36 bits per heavy atom. The number of benzene rings is 2. The summed E-state index contributed by atoms with van der Waals surface area (Å²) in [5.74, 6) is -0.444. The van der Waals surface area contributed by atoms with Crippen molar-refractivity contribution in [2.45, 2.75) is 13.3 Å². The highest BCUT2D eigenvalue weighted by Crippen LogP contribution is 2.27. The van der Waals surface area contributed by atoms with E-state index in [2.05, 4.69) is 5.32 Å². The molecule has 0 fully saturated rings. The number of carbonyl (C=O) groups is 2. The molecule has 2 amide bonds. The predicted octanol–water partition coefficient (Wildman–Crippen LogP) is 4.25.